The Hall–Kier alpha value is -0.810. The predicted molar refractivity (Wildman–Crippen MR) is 66.8 cm³/mol. The van der Waals surface area contributed by atoms with Crippen molar-refractivity contribution in [2.24, 2.45) is 16.3 Å². The van der Waals surface area contributed by atoms with Crippen LogP contribution in [-0.2, 0) is 9.57 Å². The van der Waals surface area contributed by atoms with Crippen LogP contribution in [0.2, 0.25) is 0 Å². The Labute approximate surface area is 103 Å². The summed E-state index contributed by atoms with van der Waals surface area (Å²) in [5.41, 5.74) is 6.17. The molecular formula is C12H23N3O2. The van der Waals surface area contributed by atoms with Crippen LogP contribution in [0.15, 0.2) is 5.16 Å². The third-order valence-corrected chi connectivity index (χ3v) is 3.64. The molecule has 0 aromatic carbocycles. The summed E-state index contributed by atoms with van der Waals surface area (Å²) >= 11 is 0. The van der Waals surface area contributed by atoms with Crippen molar-refractivity contribution in [3.8, 4) is 0 Å². The molecule has 0 bridgehead atoms. The molecule has 1 saturated carbocycles. The summed E-state index contributed by atoms with van der Waals surface area (Å²) in [6, 6.07) is 0. The molecule has 2 N–H and O–H groups in total. The highest BCUT2D eigenvalue weighted by Gasteiger charge is 2.32. The highest BCUT2D eigenvalue weighted by atomic mass is 16.6. The van der Waals surface area contributed by atoms with Gasteiger partial charge in [0.25, 0.3) is 0 Å². The fourth-order valence-corrected chi connectivity index (χ4v) is 2.21. The Bertz CT molecular complexity index is 271. The lowest BCUT2D eigenvalue weighted by molar-refractivity contribution is 0.00810. The number of morpholine rings is 1. The molecule has 1 heterocycles. The molecule has 1 aliphatic carbocycles. The number of hydrogen-bond donors (Lipinski definition) is 1. The summed E-state index contributed by atoms with van der Waals surface area (Å²) in [5.74, 6) is 0.565. The van der Waals surface area contributed by atoms with Crippen LogP contribution in [0, 0.1) is 5.41 Å². The third-order valence-electron chi connectivity index (χ3n) is 3.64. The van der Waals surface area contributed by atoms with E-state index in [0.717, 1.165) is 26.3 Å². The van der Waals surface area contributed by atoms with Gasteiger partial charge in [-0.3, -0.25) is 4.90 Å². The Morgan fingerprint density at radius 2 is 2.12 bits per heavy atom. The summed E-state index contributed by atoms with van der Waals surface area (Å²) in [6.45, 7) is 7.03. The van der Waals surface area contributed by atoms with Gasteiger partial charge in [0.1, 0.15) is 6.61 Å². The van der Waals surface area contributed by atoms with Crippen LogP contribution in [0.1, 0.15) is 26.2 Å². The van der Waals surface area contributed by atoms with Gasteiger partial charge < -0.3 is 15.3 Å². The Morgan fingerprint density at radius 1 is 1.41 bits per heavy atom. The first-order chi connectivity index (χ1) is 8.18. The van der Waals surface area contributed by atoms with Crippen LogP contribution in [-0.4, -0.2) is 50.2 Å². The predicted octanol–water partition coefficient (Wildman–Crippen LogP) is 0.798. The maximum atomic E-state index is 5.84. The van der Waals surface area contributed by atoms with E-state index < -0.39 is 0 Å². The first-order valence-electron chi connectivity index (χ1n) is 6.42. The average molecular weight is 241 g/mol. The fourth-order valence-electron chi connectivity index (χ4n) is 2.21. The van der Waals surface area contributed by atoms with Crippen molar-refractivity contribution in [1.29, 1.82) is 0 Å². The van der Waals surface area contributed by atoms with Crippen LogP contribution < -0.4 is 5.73 Å². The number of oxime groups is 1. The highest BCUT2D eigenvalue weighted by molar-refractivity contribution is 5.81. The van der Waals surface area contributed by atoms with Crippen LogP contribution >= 0.6 is 0 Å². The van der Waals surface area contributed by atoms with E-state index in [1.54, 1.807) is 0 Å². The third kappa shape index (κ3) is 3.85. The van der Waals surface area contributed by atoms with Gasteiger partial charge in [-0.2, -0.15) is 0 Å². The first kappa shape index (κ1) is 12.6. The normalized spacial score (nSPS) is 25.4. The molecule has 0 radical (unpaired) electrons. The number of amidine groups is 1. The van der Waals surface area contributed by atoms with Gasteiger partial charge in [-0.05, 0) is 12.8 Å². The standard InChI is InChI=1S/C12H23N3O2/c1-12(3-2-4-12)10-17-14-11(13)9-15-5-7-16-8-6-15/h2-10H2,1H3,(H2,13,14). The smallest absolute Gasteiger partial charge is 0.153 e. The maximum absolute atomic E-state index is 5.84. The van der Waals surface area contributed by atoms with Crippen molar-refractivity contribution in [1.82, 2.24) is 4.90 Å². The van der Waals surface area contributed by atoms with Crippen LogP contribution in [0.5, 0.6) is 0 Å². The average Bonchev–Trinajstić information content (AvgIpc) is 2.28. The molecule has 2 fully saturated rings. The van der Waals surface area contributed by atoms with Crippen LogP contribution in [0.25, 0.3) is 0 Å². The van der Waals surface area contributed by atoms with Gasteiger partial charge in [0.2, 0.25) is 0 Å². The molecule has 1 aliphatic heterocycles. The zero-order valence-electron chi connectivity index (χ0n) is 10.7. The number of rotatable bonds is 5. The van der Waals surface area contributed by atoms with Gasteiger partial charge in [-0.25, -0.2) is 0 Å². The van der Waals surface area contributed by atoms with E-state index in [1.165, 1.54) is 19.3 Å². The molecule has 0 amide bonds. The highest BCUT2D eigenvalue weighted by Crippen LogP contribution is 2.40. The van der Waals surface area contributed by atoms with E-state index in [2.05, 4.69) is 17.0 Å². The van der Waals surface area contributed by atoms with E-state index in [4.69, 9.17) is 15.3 Å². The zero-order valence-corrected chi connectivity index (χ0v) is 10.7. The minimum Gasteiger partial charge on any atom is -0.394 e. The van der Waals surface area contributed by atoms with Gasteiger partial charge in [0, 0.05) is 18.5 Å². The summed E-state index contributed by atoms with van der Waals surface area (Å²) in [6.07, 6.45) is 3.80. The molecular weight excluding hydrogens is 218 g/mol. The largest absolute Gasteiger partial charge is 0.394 e. The summed E-state index contributed by atoms with van der Waals surface area (Å²) in [5, 5.41) is 4.00. The number of hydrogen-bond acceptors (Lipinski definition) is 4. The van der Waals surface area contributed by atoms with Crippen molar-refractivity contribution >= 4 is 5.84 Å². The molecule has 98 valence electrons. The van der Waals surface area contributed by atoms with Gasteiger partial charge in [0.15, 0.2) is 5.84 Å². The minimum atomic E-state index is 0.336. The summed E-state index contributed by atoms with van der Waals surface area (Å²) in [4.78, 5) is 7.58. The van der Waals surface area contributed by atoms with Crippen molar-refractivity contribution in [3.05, 3.63) is 0 Å². The Morgan fingerprint density at radius 3 is 2.71 bits per heavy atom. The molecule has 0 spiro atoms. The lowest BCUT2D eigenvalue weighted by Gasteiger charge is -2.36. The topological polar surface area (TPSA) is 60.1 Å². The molecule has 1 saturated heterocycles. The van der Waals surface area contributed by atoms with E-state index in [0.29, 0.717) is 24.4 Å². The first-order valence-corrected chi connectivity index (χ1v) is 6.42. The molecule has 0 aromatic rings. The summed E-state index contributed by atoms with van der Waals surface area (Å²) in [7, 11) is 0. The monoisotopic (exact) mass is 241 g/mol. The second-order valence-corrected chi connectivity index (χ2v) is 5.41. The molecule has 2 rings (SSSR count). The van der Waals surface area contributed by atoms with Crippen LogP contribution in [0.4, 0.5) is 0 Å². The molecule has 5 heteroatoms. The number of nitrogens with zero attached hydrogens (tertiary/aromatic N) is 2. The fraction of sp³-hybridized carbons (Fsp3) is 0.917. The van der Waals surface area contributed by atoms with Gasteiger partial charge in [0.05, 0.1) is 19.8 Å². The number of nitrogens with two attached hydrogens (primary N) is 1. The molecule has 17 heavy (non-hydrogen) atoms. The molecule has 0 atom stereocenters. The van der Waals surface area contributed by atoms with E-state index in [-0.39, 0.29) is 0 Å². The molecule has 0 unspecified atom stereocenters. The second-order valence-electron chi connectivity index (χ2n) is 5.41. The molecule has 2 aliphatic rings. The molecule has 0 aromatic heterocycles. The van der Waals surface area contributed by atoms with Crippen molar-refractivity contribution in [2.75, 3.05) is 39.5 Å². The Kier molecular flexibility index (Phi) is 4.23. The lowest BCUT2D eigenvalue weighted by Crippen LogP contribution is -2.41. The lowest BCUT2D eigenvalue weighted by atomic mass is 9.71. The van der Waals surface area contributed by atoms with Gasteiger partial charge >= 0.3 is 0 Å². The van der Waals surface area contributed by atoms with Crippen LogP contribution in [0.3, 0.4) is 0 Å². The van der Waals surface area contributed by atoms with Crippen molar-refractivity contribution in [2.45, 2.75) is 26.2 Å². The number of ether oxygens (including phenoxy) is 1. The van der Waals surface area contributed by atoms with E-state index >= 15 is 0 Å². The van der Waals surface area contributed by atoms with Crippen molar-refractivity contribution in [3.63, 3.8) is 0 Å². The van der Waals surface area contributed by atoms with Gasteiger partial charge in [-0.15, -0.1) is 0 Å². The van der Waals surface area contributed by atoms with E-state index in [9.17, 15) is 0 Å². The van der Waals surface area contributed by atoms with Crippen molar-refractivity contribution < 1.29 is 9.57 Å². The minimum absolute atomic E-state index is 0.336. The maximum Gasteiger partial charge on any atom is 0.153 e. The Balaban J connectivity index is 1.65. The summed E-state index contributed by atoms with van der Waals surface area (Å²) < 4.78 is 5.28. The van der Waals surface area contributed by atoms with Gasteiger partial charge in [-0.1, -0.05) is 18.5 Å². The SMILES string of the molecule is CC1(CO/N=C(\N)CN2CCOCC2)CCC1. The van der Waals surface area contributed by atoms with E-state index in [1.807, 2.05) is 0 Å². The zero-order chi connectivity index (χ0) is 12.1. The second kappa shape index (κ2) is 5.69. The quantitative estimate of drug-likeness (QED) is 0.439. The molecule has 5 nitrogen and oxygen atoms in total.